The molecule has 2 heterocycles. The minimum atomic E-state index is -0.299. The summed E-state index contributed by atoms with van der Waals surface area (Å²) < 4.78 is 19.2. The highest BCUT2D eigenvalue weighted by Crippen LogP contribution is 2.24. The summed E-state index contributed by atoms with van der Waals surface area (Å²) in [5.41, 5.74) is 0.496. The van der Waals surface area contributed by atoms with E-state index in [4.69, 9.17) is 16.0 Å². The summed E-state index contributed by atoms with van der Waals surface area (Å²) in [6.07, 6.45) is 3.33. The summed E-state index contributed by atoms with van der Waals surface area (Å²) in [6.45, 7) is 2.26. The van der Waals surface area contributed by atoms with Crippen LogP contribution in [0.1, 0.15) is 24.2 Å². The van der Waals surface area contributed by atoms with Gasteiger partial charge in [0.2, 0.25) is 5.91 Å². The second-order valence-corrected chi connectivity index (χ2v) is 6.48. The van der Waals surface area contributed by atoms with Crippen LogP contribution in [0.25, 0.3) is 0 Å². The molecule has 1 aromatic heterocycles. The molecule has 1 aliphatic rings. The first kappa shape index (κ1) is 17.0. The number of carbonyl (C=O) groups excluding carboxylic acids is 1. The molecule has 0 saturated carbocycles. The number of carbonyl (C=O) groups is 1. The van der Waals surface area contributed by atoms with E-state index in [9.17, 15) is 9.18 Å². The zero-order valence-corrected chi connectivity index (χ0v) is 14.1. The lowest BCUT2D eigenvalue weighted by Crippen LogP contribution is -2.42. The summed E-state index contributed by atoms with van der Waals surface area (Å²) in [5.74, 6) is 0.344. The van der Waals surface area contributed by atoms with Crippen molar-refractivity contribution in [1.29, 1.82) is 0 Å². The number of hydrogen-bond acceptors (Lipinski definition) is 3. The molecule has 1 aliphatic heterocycles. The van der Waals surface area contributed by atoms with Gasteiger partial charge in [-0.1, -0.05) is 17.7 Å². The summed E-state index contributed by atoms with van der Waals surface area (Å²) in [5, 5.41) is 3.33. The highest BCUT2D eigenvalue weighted by molar-refractivity contribution is 6.31. The van der Waals surface area contributed by atoms with E-state index in [1.165, 1.54) is 6.07 Å². The van der Waals surface area contributed by atoms with Crippen molar-refractivity contribution in [3.63, 3.8) is 0 Å². The third-order valence-electron chi connectivity index (χ3n) is 4.34. The summed E-state index contributed by atoms with van der Waals surface area (Å²) in [6, 6.07) is 8.33. The van der Waals surface area contributed by atoms with Crippen molar-refractivity contribution in [3.05, 3.63) is 58.8 Å². The van der Waals surface area contributed by atoms with Crippen molar-refractivity contribution in [3.8, 4) is 0 Å². The maximum absolute atomic E-state index is 13.9. The Labute approximate surface area is 145 Å². The van der Waals surface area contributed by atoms with Gasteiger partial charge < -0.3 is 9.73 Å². The molecule has 0 aliphatic carbocycles. The lowest BCUT2D eigenvalue weighted by molar-refractivity contribution is -0.127. The standard InChI is InChI=1S/C18H20ClFN2O2/c19-16-6-1-7-17(20)15(16)12-22-8-2-4-13(11-22)18(23)21-10-14-5-3-9-24-14/h1,3,5-7,9,13H,2,4,8,10-12H2,(H,21,23). The molecule has 1 aromatic carbocycles. The van der Waals surface area contributed by atoms with Crippen molar-refractivity contribution in [1.82, 2.24) is 10.2 Å². The van der Waals surface area contributed by atoms with E-state index in [1.54, 1.807) is 24.5 Å². The SMILES string of the molecule is O=C(NCc1ccco1)C1CCCN(Cc2c(F)cccc2Cl)C1. The normalized spacial score (nSPS) is 18.5. The zero-order valence-electron chi connectivity index (χ0n) is 13.3. The first-order chi connectivity index (χ1) is 11.6. The van der Waals surface area contributed by atoms with Gasteiger partial charge in [-0.15, -0.1) is 0 Å². The topological polar surface area (TPSA) is 45.5 Å². The molecule has 6 heteroatoms. The zero-order chi connectivity index (χ0) is 16.9. The number of furan rings is 1. The minimum Gasteiger partial charge on any atom is -0.467 e. The second-order valence-electron chi connectivity index (χ2n) is 6.07. The first-order valence-corrected chi connectivity index (χ1v) is 8.46. The third kappa shape index (κ3) is 4.16. The van der Waals surface area contributed by atoms with Crippen LogP contribution in [0.4, 0.5) is 4.39 Å². The number of nitrogens with zero attached hydrogens (tertiary/aromatic N) is 1. The molecule has 0 spiro atoms. The molecule has 1 atom stereocenters. The Bertz CT molecular complexity index is 670. The van der Waals surface area contributed by atoms with Crippen LogP contribution in [0.5, 0.6) is 0 Å². The molecule has 0 bridgehead atoms. The van der Waals surface area contributed by atoms with E-state index in [2.05, 4.69) is 10.2 Å². The fraction of sp³-hybridized carbons (Fsp3) is 0.389. The van der Waals surface area contributed by atoms with E-state index in [-0.39, 0.29) is 17.6 Å². The summed E-state index contributed by atoms with van der Waals surface area (Å²) >= 11 is 6.10. The van der Waals surface area contributed by atoms with Crippen LogP contribution >= 0.6 is 11.6 Å². The third-order valence-corrected chi connectivity index (χ3v) is 4.69. The maximum Gasteiger partial charge on any atom is 0.224 e. The Morgan fingerprint density at radius 3 is 3.00 bits per heavy atom. The number of amides is 1. The van der Waals surface area contributed by atoms with Crippen LogP contribution in [0, 0.1) is 11.7 Å². The van der Waals surface area contributed by atoms with Crippen LogP contribution in [0.15, 0.2) is 41.0 Å². The summed E-state index contributed by atoms with van der Waals surface area (Å²) in [4.78, 5) is 14.4. The van der Waals surface area contributed by atoms with Crippen molar-refractivity contribution in [2.45, 2.75) is 25.9 Å². The van der Waals surface area contributed by atoms with Gasteiger partial charge in [0.1, 0.15) is 11.6 Å². The molecular formula is C18H20ClFN2O2. The molecule has 2 aromatic rings. The van der Waals surface area contributed by atoms with Crippen LogP contribution in [-0.2, 0) is 17.9 Å². The molecule has 1 N–H and O–H groups in total. The Morgan fingerprint density at radius 2 is 2.25 bits per heavy atom. The van der Waals surface area contributed by atoms with E-state index in [0.29, 0.717) is 30.2 Å². The number of likely N-dealkylation sites (tertiary alicyclic amines) is 1. The minimum absolute atomic E-state index is 0.00994. The Kier molecular flexibility index (Phi) is 5.53. The molecule has 0 radical (unpaired) electrons. The first-order valence-electron chi connectivity index (χ1n) is 8.09. The predicted octanol–water partition coefficient (Wildman–Crippen LogP) is 3.60. The molecule has 24 heavy (non-hydrogen) atoms. The molecule has 1 fully saturated rings. The number of halogens is 2. The predicted molar refractivity (Wildman–Crippen MR) is 90.0 cm³/mol. The lowest BCUT2D eigenvalue weighted by Gasteiger charge is -2.32. The average molecular weight is 351 g/mol. The van der Waals surface area contributed by atoms with Crippen molar-refractivity contribution >= 4 is 17.5 Å². The van der Waals surface area contributed by atoms with Crippen LogP contribution < -0.4 is 5.32 Å². The highest BCUT2D eigenvalue weighted by Gasteiger charge is 2.26. The largest absolute Gasteiger partial charge is 0.467 e. The smallest absolute Gasteiger partial charge is 0.224 e. The van der Waals surface area contributed by atoms with Gasteiger partial charge in [0.15, 0.2) is 0 Å². The van der Waals surface area contributed by atoms with Gasteiger partial charge in [-0.25, -0.2) is 4.39 Å². The highest BCUT2D eigenvalue weighted by atomic mass is 35.5. The Balaban J connectivity index is 1.56. The maximum atomic E-state index is 13.9. The molecule has 3 rings (SSSR count). The fourth-order valence-electron chi connectivity index (χ4n) is 3.05. The van der Waals surface area contributed by atoms with Crippen molar-refractivity contribution in [2.24, 2.45) is 5.92 Å². The molecule has 4 nitrogen and oxygen atoms in total. The van der Waals surface area contributed by atoms with Crippen LogP contribution in [0.2, 0.25) is 5.02 Å². The lowest BCUT2D eigenvalue weighted by atomic mass is 9.96. The molecule has 128 valence electrons. The van der Waals surface area contributed by atoms with Crippen molar-refractivity contribution < 1.29 is 13.6 Å². The molecule has 1 saturated heterocycles. The van der Waals surface area contributed by atoms with Gasteiger partial charge in [-0.2, -0.15) is 0 Å². The van der Waals surface area contributed by atoms with E-state index < -0.39 is 0 Å². The van der Waals surface area contributed by atoms with Gasteiger partial charge in [0.05, 0.1) is 18.7 Å². The van der Waals surface area contributed by atoms with Gasteiger partial charge in [-0.3, -0.25) is 9.69 Å². The Hall–Kier alpha value is -1.85. The number of hydrogen-bond donors (Lipinski definition) is 1. The number of benzene rings is 1. The fourth-order valence-corrected chi connectivity index (χ4v) is 3.27. The number of rotatable bonds is 5. The molecule has 1 unspecified atom stereocenters. The second kappa shape index (κ2) is 7.81. The Morgan fingerprint density at radius 1 is 1.38 bits per heavy atom. The molecular weight excluding hydrogens is 331 g/mol. The molecule has 1 amide bonds. The van der Waals surface area contributed by atoms with Gasteiger partial charge in [-0.05, 0) is 43.7 Å². The quantitative estimate of drug-likeness (QED) is 0.896. The van der Waals surface area contributed by atoms with Crippen molar-refractivity contribution in [2.75, 3.05) is 13.1 Å². The number of piperidine rings is 1. The van der Waals surface area contributed by atoms with Gasteiger partial charge in [0.25, 0.3) is 0 Å². The van der Waals surface area contributed by atoms with E-state index in [0.717, 1.165) is 25.1 Å². The monoisotopic (exact) mass is 350 g/mol. The van der Waals surface area contributed by atoms with Gasteiger partial charge in [0, 0.05) is 23.7 Å². The average Bonchev–Trinajstić information content (AvgIpc) is 3.10. The number of nitrogens with one attached hydrogen (secondary N) is 1. The summed E-state index contributed by atoms with van der Waals surface area (Å²) in [7, 11) is 0. The van der Waals surface area contributed by atoms with Crippen LogP contribution in [-0.4, -0.2) is 23.9 Å². The van der Waals surface area contributed by atoms with Gasteiger partial charge >= 0.3 is 0 Å². The van der Waals surface area contributed by atoms with E-state index in [1.807, 2.05) is 6.07 Å². The van der Waals surface area contributed by atoms with Crippen LogP contribution in [0.3, 0.4) is 0 Å². The van der Waals surface area contributed by atoms with E-state index >= 15 is 0 Å².